The summed E-state index contributed by atoms with van der Waals surface area (Å²) in [4.78, 5) is 38.6. The second-order valence-electron chi connectivity index (χ2n) is 7.65. The summed E-state index contributed by atoms with van der Waals surface area (Å²) < 4.78 is 16.0. The van der Waals surface area contributed by atoms with Crippen molar-refractivity contribution in [3.63, 3.8) is 0 Å². The van der Waals surface area contributed by atoms with Gasteiger partial charge >= 0.3 is 11.9 Å². The average molecular weight is 434 g/mol. The third-order valence-corrected chi connectivity index (χ3v) is 5.74. The van der Waals surface area contributed by atoms with Crippen LogP contribution in [-0.2, 0) is 26.3 Å². The van der Waals surface area contributed by atoms with E-state index in [0.717, 1.165) is 11.8 Å². The SMILES string of the molecule is CCOC(=O)[C@H](O)[C@]1(C)c2ccccc2C(=O)c2occ(C(=O)OCc3ccccc3)c21. The number of esters is 2. The van der Waals surface area contributed by atoms with Crippen molar-refractivity contribution in [2.75, 3.05) is 6.61 Å². The fourth-order valence-electron chi connectivity index (χ4n) is 4.12. The molecule has 32 heavy (non-hydrogen) atoms. The first-order valence-corrected chi connectivity index (χ1v) is 10.2. The normalized spacial score (nSPS) is 17.8. The Labute approximate surface area is 184 Å². The maximum atomic E-state index is 13.1. The highest BCUT2D eigenvalue weighted by Crippen LogP contribution is 2.46. The zero-order valence-corrected chi connectivity index (χ0v) is 17.7. The van der Waals surface area contributed by atoms with Gasteiger partial charge in [-0.1, -0.05) is 54.6 Å². The highest BCUT2D eigenvalue weighted by Gasteiger charge is 2.52. The van der Waals surface area contributed by atoms with Gasteiger partial charge in [-0.25, -0.2) is 9.59 Å². The summed E-state index contributed by atoms with van der Waals surface area (Å²) >= 11 is 0. The van der Waals surface area contributed by atoms with Crippen LogP contribution in [0.15, 0.2) is 65.3 Å². The summed E-state index contributed by atoms with van der Waals surface area (Å²) in [6.07, 6.45) is -0.550. The monoisotopic (exact) mass is 434 g/mol. The molecule has 2 atom stereocenters. The molecule has 0 aliphatic heterocycles. The molecule has 0 fully saturated rings. The molecule has 3 aromatic rings. The van der Waals surface area contributed by atoms with Crippen LogP contribution in [0.5, 0.6) is 0 Å². The average Bonchev–Trinajstić information content (AvgIpc) is 3.28. The van der Waals surface area contributed by atoms with Gasteiger partial charge in [-0.15, -0.1) is 0 Å². The fourth-order valence-corrected chi connectivity index (χ4v) is 4.12. The molecular formula is C25H22O7. The van der Waals surface area contributed by atoms with E-state index >= 15 is 0 Å². The van der Waals surface area contributed by atoms with E-state index in [9.17, 15) is 19.5 Å². The topological polar surface area (TPSA) is 103 Å². The van der Waals surface area contributed by atoms with Crippen molar-refractivity contribution < 1.29 is 33.4 Å². The Balaban J connectivity index is 1.80. The van der Waals surface area contributed by atoms with Crippen molar-refractivity contribution >= 4 is 17.7 Å². The highest BCUT2D eigenvalue weighted by molar-refractivity contribution is 6.13. The summed E-state index contributed by atoms with van der Waals surface area (Å²) in [5.41, 5.74) is 0.0829. The van der Waals surface area contributed by atoms with Gasteiger partial charge < -0.3 is 19.0 Å². The summed E-state index contributed by atoms with van der Waals surface area (Å²) in [5.74, 6) is -2.14. The number of fused-ring (bicyclic) bond motifs is 2. The standard InChI is InChI=1S/C25H22O7/c1-3-30-24(29)22(27)25(2)18-12-8-7-11-16(18)20(26)21-19(25)17(14-31-21)23(28)32-13-15-9-5-4-6-10-15/h4-12,14,22,27H,3,13H2,1-2H3/t22-,25+/m0/s1. The molecule has 2 aromatic carbocycles. The molecule has 0 spiro atoms. The zero-order valence-electron chi connectivity index (χ0n) is 17.7. The summed E-state index contributed by atoms with van der Waals surface area (Å²) in [5, 5.41) is 11.1. The van der Waals surface area contributed by atoms with Crippen LogP contribution in [0, 0.1) is 0 Å². The Bertz CT molecular complexity index is 1180. The molecular weight excluding hydrogens is 412 g/mol. The van der Waals surface area contributed by atoms with Gasteiger partial charge in [-0.3, -0.25) is 4.79 Å². The van der Waals surface area contributed by atoms with Gasteiger partial charge in [0.2, 0.25) is 5.78 Å². The lowest BCUT2D eigenvalue weighted by atomic mass is 9.65. The van der Waals surface area contributed by atoms with E-state index in [0.29, 0.717) is 5.56 Å². The number of hydrogen-bond acceptors (Lipinski definition) is 7. The van der Waals surface area contributed by atoms with Gasteiger partial charge in [0.15, 0.2) is 11.9 Å². The number of carbonyl (C=O) groups excluding carboxylic acids is 3. The lowest BCUT2D eigenvalue weighted by molar-refractivity contribution is -0.156. The number of ether oxygens (including phenoxy) is 2. The maximum absolute atomic E-state index is 13.1. The Kier molecular flexibility index (Phi) is 5.67. The van der Waals surface area contributed by atoms with Crippen molar-refractivity contribution in [1.29, 1.82) is 0 Å². The van der Waals surface area contributed by atoms with Crippen molar-refractivity contribution in [3.05, 3.63) is 94.4 Å². The van der Waals surface area contributed by atoms with Crippen LogP contribution in [0.3, 0.4) is 0 Å². The summed E-state index contributed by atoms with van der Waals surface area (Å²) in [7, 11) is 0. The third-order valence-electron chi connectivity index (χ3n) is 5.74. The minimum atomic E-state index is -1.69. The van der Waals surface area contributed by atoms with Crippen LogP contribution in [-0.4, -0.2) is 35.5 Å². The van der Waals surface area contributed by atoms with Gasteiger partial charge in [0.05, 0.1) is 12.0 Å². The van der Waals surface area contributed by atoms with Gasteiger partial charge in [0.1, 0.15) is 18.4 Å². The molecule has 0 saturated heterocycles. The first kappa shape index (κ1) is 21.5. The van der Waals surface area contributed by atoms with Crippen LogP contribution in [0.4, 0.5) is 0 Å². The molecule has 0 radical (unpaired) electrons. The lowest BCUT2D eigenvalue weighted by Crippen LogP contribution is -2.48. The number of rotatable bonds is 6. The fraction of sp³-hybridized carbons (Fsp3) is 0.240. The third kappa shape index (κ3) is 3.40. The van der Waals surface area contributed by atoms with E-state index in [-0.39, 0.29) is 35.7 Å². The molecule has 0 saturated carbocycles. The van der Waals surface area contributed by atoms with Crippen LogP contribution >= 0.6 is 0 Å². The van der Waals surface area contributed by atoms with Gasteiger partial charge in [-0.05, 0) is 25.0 Å². The molecule has 1 aliphatic carbocycles. The largest absolute Gasteiger partial charge is 0.464 e. The number of benzene rings is 2. The predicted molar refractivity (Wildman–Crippen MR) is 113 cm³/mol. The second kappa shape index (κ2) is 8.43. The predicted octanol–water partition coefficient (Wildman–Crippen LogP) is 3.41. The number of hydrogen-bond donors (Lipinski definition) is 1. The number of aliphatic hydroxyl groups excluding tert-OH is 1. The smallest absolute Gasteiger partial charge is 0.342 e. The van der Waals surface area contributed by atoms with Crippen LogP contribution in [0.2, 0.25) is 0 Å². The van der Waals surface area contributed by atoms with Crippen LogP contribution in [0.1, 0.15) is 57.0 Å². The molecule has 0 unspecified atom stereocenters. The van der Waals surface area contributed by atoms with E-state index in [4.69, 9.17) is 13.9 Å². The molecule has 1 N–H and O–H groups in total. The number of carbonyl (C=O) groups is 3. The Morgan fingerprint density at radius 3 is 2.47 bits per heavy atom. The van der Waals surface area contributed by atoms with E-state index in [1.807, 2.05) is 30.3 Å². The molecule has 4 rings (SSSR count). The minimum absolute atomic E-state index is 0.0152. The van der Waals surface area contributed by atoms with E-state index in [1.54, 1.807) is 38.1 Å². The second-order valence-corrected chi connectivity index (χ2v) is 7.65. The number of ketones is 1. The Hall–Kier alpha value is -3.71. The first-order chi connectivity index (χ1) is 15.4. The molecule has 1 aliphatic rings. The van der Waals surface area contributed by atoms with E-state index in [1.165, 1.54) is 0 Å². The van der Waals surface area contributed by atoms with Crippen LogP contribution in [0.25, 0.3) is 0 Å². The Morgan fingerprint density at radius 1 is 1.06 bits per heavy atom. The molecule has 7 nitrogen and oxygen atoms in total. The molecule has 0 amide bonds. The van der Waals surface area contributed by atoms with Gasteiger partial charge in [0.25, 0.3) is 0 Å². The Morgan fingerprint density at radius 2 is 1.75 bits per heavy atom. The van der Waals surface area contributed by atoms with Gasteiger partial charge in [-0.2, -0.15) is 0 Å². The van der Waals surface area contributed by atoms with Crippen molar-refractivity contribution in [2.24, 2.45) is 0 Å². The molecule has 1 aromatic heterocycles. The van der Waals surface area contributed by atoms with Crippen molar-refractivity contribution in [1.82, 2.24) is 0 Å². The first-order valence-electron chi connectivity index (χ1n) is 10.2. The molecule has 0 bridgehead atoms. The molecule has 7 heteroatoms. The zero-order chi connectivity index (χ0) is 22.9. The number of aliphatic hydroxyl groups is 1. The lowest BCUT2D eigenvalue weighted by Gasteiger charge is -2.38. The minimum Gasteiger partial charge on any atom is -0.464 e. The molecule has 1 heterocycles. The summed E-state index contributed by atoms with van der Waals surface area (Å²) in [6.45, 7) is 3.29. The molecule has 164 valence electrons. The maximum Gasteiger partial charge on any atom is 0.342 e. The van der Waals surface area contributed by atoms with Crippen LogP contribution < -0.4 is 0 Å². The van der Waals surface area contributed by atoms with E-state index in [2.05, 4.69) is 0 Å². The van der Waals surface area contributed by atoms with Crippen molar-refractivity contribution in [3.8, 4) is 0 Å². The van der Waals surface area contributed by atoms with E-state index < -0.39 is 29.2 Å². The van der Waals surface area contributed by atoms with Crippen molar-refractivity contribution in [2.45, 2.75) is 32.0 Å². The summed E-state index contributed by atoms with van der Waals surface area (Å²) in [6, 6.07) is 15.7. The quantitative estimate of drug-likeness (QED) is 0.593. The highest BCUT2D eigenvalue weighted by atomic mass is 16.5. The number of furan rings is 1. The van der Waals surface area contributed by atoms with Gasteiger partial charge in [0, 0.05) is 11.1 Å².